The second-order valence-corrected chi connectivity index (χ2v) is 11.6. The molecule has 1 unspecified atom stereocenters. The zero-order valence-electron chi connectivity index (χ0n) is 26.3. The van der Waals surface area contributed by atoms with Gasteiger partial charge in [-0.05, 0) is 13.3 Å². The third-order valence-corrected chi connectivity index (χ3v) is 7.64. The van der Waals surface area contributed by atoms with Crippen LogP contribution in [0.4, 0.5) is 20.3 Å². The summed E-state index contributed by atoms with van der Waals surface area (Å²) in [7, 11) is -2.41. The quantitative estimate of drug-likeness (QED) is 0.288. The molecule has 5 heterocycles. The van der Waals surface area contributed by atoms with Crippen molar-refractivity contribution in [2.45, 2.75) is 39.8 Å². The van der Waals surface area contributed by atoms with E-state index in [1.807, 2.05) is 0 Å². The first-order valence-corrected chi connectivity index (χ1v) is 14.4. The van der Waals surface area contributed by atoms with E-state index in [2.05, 4.69) is 44.0 Å². The summed E-state index contributed by atoms with van der Waals surface area (Å²) in [6.45, 7) is 9.21. The second kappa shape index (κ2) is 14.4. The molecule has 3 aromatic rings. The number of nitrogens with zero attached hydrogens (tertiary/aromatic N) is 6. The summed E-state index contributed by atoms with van der Waals surface area (Å²) in [4.78, 5) is 60.9. The Morgan fingerprint density at radius 3 is 2.22 bits per heavy atom. The summed E-state index contributed by atoms with van der Waals surface area (Å²) in [5, 5.41) is 2.65. The van der Waals surface area contributed by atoms with Crippen LogP contribution in [-0.2, 0) is 28.3 Å². The topological polar surface area (TPSA) is 158 Å². The minimum atomic E-state index is -2.41. The molecule has 0 spiro atoms. The van der Waals surface area contributed by atoms with Gasteiger partial charge in [0.05, 0.1) is 23.8 Å². The fourth-order valence-corrected chi connectivity index (χ4v) is 5.53. The Morgan fingerprint density at radius 2 is 1.67 bits per heavy atom. The molecule has 2 aliphatic heterocycles. The minimum absolute atomic E-state index is 0. The predicted molar refractivity (Wildman–Crippen MR) is 156 cm³/mol. The third kappa shape index (κ3) is 8.77. The van der Waals surface area contributed by atoms with Gasteiger partial charge in [-0.2, -0.15) is 0 Å². The third-order valence-electron chi connectivity index (χ3n) is 7.64. The van der Waals surface area contributed by atoms with Crippen molar-refractivity contribution in [3.05, 3.63) is 48.1 Å². The van der Waals surface area contributed by atoms with E-state index in [4.69, 9.17) is 0 Å². The van der Waals surface area contributed by atoms with Crippen LogP contribution in [-0.4, -0.2) is 93.8 Å². The van der Waals surface area contributed by atoms with Crippen molar-refractivity contribution in [3.63, 3.8) is 0 Å². The number of aromatic nitrogens is 4. The Bertz CT molecular complexity index is 1590. The Balaban J connectivity index is 0.000000295. The number of carbonyl (C=O) groups excluding carboxylic acids is 4. The number of piperidine rings is 1. The number of alkyl halides is 1. The molecule has 3 aromatic heterocycles. The van der Waals surface area contributed by atoms with Gasteiger partial charge in [0.1, 0.15) is 17.2 Å². The van der Waals surface area contributed by atoms with Crippen molar-refractivity contribution >= 4 is 48.3 Å². The molecule has 6 rings (SSSR count). The summed E-state index contributed by atoms with van der Waals surface area (Å²) in [6.07, 6.45) is 7.03. The maximum atomic E-state index is 14.2. The first-order chi connectivity index (χ1) is 21.3. The average Bonchev–Trinajstić information content (AvgIpc) is 3.20. The SMILES string of the molecule is CC(=O)O[BH-](OC(C)=O)OC(C)=O.Cc1cn2cc(NC(=O)c3cnc(N4CC(CN5CC6C[C@]6(F)C5)C4)cn3)cc(F)c2n1.[Na+]. The number of hydrogen-bond donors (Lipinski definition) is 1. The van der Waals surface area contributed by atoms with Crippen LogP contribution in [0.3, 0.4) is 0 Å². The molecule has 0 aromatic carbocycles. The zero-order chi connectivity index (χ0) is 32.5. The van der Waals surface area contributed by atoms with Crippen molar-refractivity contribution in [2.24, 2.45) is 11.8 Å². The van der Waals surface area contributed by atoms with Gasteiger partial charge in [0.2, 0.25) is 0 Å². The van der Waals surface area contributed by atoms with Crippen LogP contribution >= 0.6 is 0 Å². The van der Waals surface area contributed by atoms with Crippen LogP contribution in [0.15, 0.2) is 30.9 Å². The van der Waals surface area contributed by atoms with Crippen molar-refractivity contribution in [3.8, 4) is 0 Å². The molecule has 3 fully saturated rings. The number of halogens is 2. The number of hydrogen-bond acceptors (Lipinski definition) is 12. The normalized spacial score (nSPS) is 20.1. The first kappa shape index (κ1) is 35.2. The van der Waals surface area contributed by atoms with Gasteiger partial charge in [0, 0.05) is 83.8 Å². The molecule has 14 nitrogen and oxygen atoms in total. The average molecular weight is 651 g/mol. The molecule has 1 saturated carbocycles. The smallest absolute Gasteiger partial charge is 0.625 e. The molecule has 3 aliphatic rings. The van der Waals surface area contributed by atoms with Gasteiger partial charge < -0.3 is 28.6 Å². The van der Waals surface area contributed by atoms with Crippen LogP contribution in [0, 0.1) is 24.6 Å². The van der Waals surface area contributed by atoms with E-state index in [0.717, 1.165) is 53.4 Å². The van der Waals surface area contributed by atoms with Crippen molar-refractivity contribution in [2.75, 3.05) is 42.9 Å². The summed E-state index contributed by atoms with van der Waals surface area (Å²) >= 11 is 0. The van der Waals surface area contributed by atoms with Crippen LogP contribution in [0.5, 0.6) is 0 Å². The summed E-state index contributed by atoms with van der Waals surface area (Å²) in [6, 6.07) is 1.23. The number of amides is 1. The number of likely N-dealkylation sites (tertiary alicyclic amines) is 1. The number of anilines is 2. The molecule has 46 heavy (non-hydrogen) atoms. The summed E-state index contributed by atoms with van der Waals surface area (Å²) in [5.41, 5.74) is 0.454. The molecular weight excluding hydrogens is 618 g/mol. The standard InChI is InChI=1S/C22H23F2N7O.C6H10BO6.Na/c1-13-6-31-11-16(2-17(23)20(31)27-13)28-21(32)18-4-26-19(5-25-18)30-8-14(9-30)7-29-10-15-3-22(15,24)12-29;1-4(8)11-7(12-5(2)9)13-6(3)10;/h2,4-6,11,14-15H,3,7-10,12H2,1H3,(H,28,32);7H,1-3H3;/q;-1;+1/t15?,22-;;/m0../s1. The number of aryl methyl sites for hydroxylation is 1. The first-order valence-electron chi connectivity index (χ1n) is 14.4. The molecule has 1 aliphatic carbocycles. The van der Waals surface area contributed by atoms with E-state index in [1.165, 1.54) is 16.7 Å². The van der Waals surface area contributed by atoms with Gasteiger partial charge in [-0.1, -0.05) is 0 Å². The minimum Gasteiger partial charge on any atom is -0.625 e. The number of pyridine rings is 1. The van der Waals surface area contributed by atoms with Crippen LogP contribution in [0.1, 0.15) is 43.4 Å². The van der Waals surface area contributed by atoms with Crippen LogP contribution < -0.4 is 39.8 Å². The monoisotopic (exact) mass is 651 g/mol. The molecule has 0 radical (unpaired) electrons. The van der Waals surface area contributed by atoms with E-state index in [1.54, 1.807) is 25.5 Å². The number of carbonyl (C=O) groups is 4. The van der Waals surface area contributed by atoms with Crippen molar-refractivity contribution in [1.29, 1.82) is 0 Å². The maximum absolute atomic E-state index is 14.2. The number of imidazole rings is 1. The van der Waals surface area contributed by atoms with E-state index in [0.29, 0.717) is 29.7 Å². The molecular formula is C28H33BF2N7NaO7. The summed E-state index contributed by atoms with van der Waals surface area (Å²) < 4.78 is 43.1. The fourth-order valence-electron chi connectivity index (χ4n) is 5.53. The Kier molecular flexibility index (Phi) is 11.0. The molecule has 1 N–H and O–H groups in total. The molecule has 2 saturated heterocycles. The van der Waals surface area contributed by atoms with Crippen molar-refractivity contribution < 1.29 is 71.5 Å². The Labute approximate surface area is 285 Å². The van der Waals surface area contributed by atoms with E-state index in [-0.39, 0.29) is 46.8 Å². The number of rotatable bonds is 8. The second-order valence-electron chi connectivity index (χ2n) is 11.6. The van der Waals surface area contributed by atoms with Gasteiger partial charge in [-0.25, -0.2) is 23.7 Å². The van der Waals surface area contributed by atoms with E-state index in [9.17, 15) is 28.0 Å². The largest absolute Gasteiger partial charge is 1.00 e. The van der Waals surface area contributed by atoms with Crippen molar-refractivity contribution in [1.82, 2.24) is 24.3 Å². The van der Waals surface area contributed by atoms with Crippen LogP contribution in [0.2, 0.25) is 0 Å². The van der Waals surface area contributed by atoms with Gasteiger partial charge in [-0.3, -0.25) is 24.1 Å². The number of fused-ring (bicyclic) bond motifs is 2. The zero-order valence-corrected chi connectivity index (χ0v) is 28.3. The van der Waals surface area contributed by atoms with Gasteiger partial charge in [0.25, 0.3) is 23.8 Å². The summed E-state index contributed by atoms with van der Waals surface area (Å²) in [5.74, 6) is -1.55. The van der Waals surface area contributed by atoms with Gasteiger partial charge in [-0.15, -0.1) is 0 Å². The molecule has 1 amide bonds. The Morgan fingerprint density at radius 1 is 1.02 bits per heavy atom. The molecule has 240 valence electrons. The predicted octanol–water partition coefficient (Wildman–Crippen LogP) is -1.30. The molecule has 18 heteroatoms. The molecule has 0 bridgehead atoms. The molecule has 2 atom stereocenters. The number of nitrogens with one attached hydrogen (secondary N) is 1. The maximum Gasteiger partial charge on any atom is 1.00 e. The van der Waals surface area contributed by atoms with E-state index < -0.39 is 42.6 Å². The van der Waals surface area contributed by atoms with E-state index >= 15 is 0 Å². The van der Waals surface area contributed by atoms with Gasteiger partial charge >= 0.3 is 36.9 Å². The fraction of sp³-hybridized carbons (Fsp3) is 0.464. The Hall–Kier alpha value is -3.67. The van der Waals surface area contributed by atoms with Crippen LogP contribution in [0.25, 0.3) is 5.65 Å². The van der Waals surface area contributed by atoms with Gasteiger partial charge in [0.15, 0.2) is 11.5 Å².